The molecule has 0 aromatic carbocycles. The molecule has 8 heteroatoms. The van der Waals surface area contributed by atoms with Gasteiger partial charge in [-0.1, -0.05) is 6.92 Å². The maximum absolute atomic E-state index is 12.6. The SMILES string of the molecule is Cc1n[nH]c(C)c1NC(=O)CCc1nc2sc3c(c2c(=O)[nH]1)CCC(C)C3. The van der Waals surface area contributed by atoms with Crippen molar-refractivity contribution in [2.45, 2.75) is 52.9 Å². The Morgan fingerprint density at radius 3 is 2.93 bits per heavy atom. The number of hydrogen-bond donors (Lipinski definition) is 3. The van der Waals surface area contributed by atoms with Crippen LogP contribution in [0.3, 0.4) is 0 Å². The predicted molar refractivity (Wildman–Crippen MR) is 106 cm³/mol. The molecule has 1 aliphatic carbocycles. The number of hydrogen-bond acceptors (Lipinski definition) is 5. The molecular weight excluding hydrogens is 362 g/mol. The summed E-state index contributed by atoms with van der Waals surface area (Å²) in [4.78, 5) is 34.5. The Bertz CT molecular complexity index is 1060. The van der Waals surface area contributed by atoms with Gasteiger partial charge < -0.3 is 10.3 Å². The summed E-state index contributed by atoms with van der Waals surface area (Å²) in [7, 11) is 0. The zero-order chi connectivity index (χ0) is 19.1. The van der Waals surface area contributed by atoms with Crippen LogP contribution >= 0.6 is 11.3 Å². The van der Waals surface area contributed by atoms with Gasteiger partial charge in [0.25, 0.3) is 5.56 Å². The van der Waals surface area contributed by atoms with Crippen LogP contribution in [0.5, 0.6) is 0 Å². The van der Waals surface area contributed by atoms with Gasteiger partial charge in [0.1, 0.15) is 10.7 Å². The Morgan fingerprint density at radius 2 is 2.19 bits per heavy atom. The van der Waals surface area contributed by atoms with Crippen molar-refractivity contribution in [3.8, 4) is 0 Å². The van der Waals surface area contributed by atoms with Crippen LogP contribution in [-0.4, -0.2) is 26.1 Å². The molecule has 1 unspecified atom stereocenters. The fourth-order valence-electron chi connectivity index (χ4n) is 3.68. The van der Waals surface area contributed by atoms with Crippen LogP contribution in [0.2, 0.25) is 0 Å². The first kappa shape index (κ1) is 17.9. The first-order chi connectivity index (χ1) is 12.9. The van der Waals surface area contributed by atoms with Gasteiger partial charge in [-0.05, 0) is 44.6 Å². The summed E-state index contributed by atoms with van der Waals surface area (Å²) < 4.78 is 0. The molecule has 1 aliphatic rings. The number of nitrogens with zero attached hydrogens (tertiary/aromatic N) is 2. The highest BCUT2D eigenvalue weighted by atomic mass is 32.1. The van der Waals surface area contributed by atoms with Crippen LogP contribution in [0, 0.1) is 19.8 Å². The normalized spacial score (nSPS) is 16.5. The van der Waals surface area contributed by atoms with E-state index in [2.05, 4.69) is 32.4 Å². The molecule has 0 bridgehead atoms. The number of aromatic amines is 2. The van der Waals surface area contributed by atoms with E-state index in [1.165, 1.54) is 10.4 Å². The number of rotatable bonds is 4. The molecule has 0 fully saturated rings. The number of anilines is 1. The van der Waals surface area contributed by atoms with Crippen molar-refractivity contribution in [3.05, 3.63) is 38.0 Å². The van der Waals surface area contributed by atoms with E-state index in [1.807, 2.05) is 13.8 Å². The smallest absolute Gasteiger partial charge is 0.259 e. The first-order valence-corrected chi connectivity index (χ1v) is 10.1. The lowest BCUT2D eigenvalue weighted by atomic mass is 9.89. The van der Waals surface area contributed by atoms with Gasteiger partial charge in [0, 0.05) is 17.7 Å². The van der Waals surface area contributed by atoms with Crippen LogP contribution < -0.4 is 10.9 Å². The summed E-state index contributed by atoms with van der Waals surface area (Å²) in [6, 6.07) is 0. The van der Waals surface area contributed by atoms with E-state index < -0.39 is 0 Å². The van der Waals surface area contributed by atoms with Crippen LogP contribution in [0.15, 0.2) is 4.79 Å². The van der Waals surface area contributed by atoms with Crippen molar-refractivity contribution in [1.82, 2.24) is 20.2 Å². The van der Waals surface area contributed by atoms with E-state index in [0.717, 1.165) is 46.6 Å². The Balaban J connectivity index is 1.51. The second-order valence-corrected chi connectivity index (χ2v) is 8.49. The summed E-state index contributed by atoms with van der Waals surface area (Å²) in [6.45, 7) is 5.95. The molecule has 1 atom stereocenters. The molecule has 3 heterocycles. The molecule has 3 aromatic heterocycles. The van der Waals surface area contributed by atoms with Gasteiger partial charge in [-0.15, -0.1) is 11.3 Å². The largest absolute Gasteiger partial charge is 0.323 e. The Labute approximate surface area is 160 Å². The molecule has 0 radical (unpaired) electrons. The van der Waals surface area contributed by atoms with Crippen LogP contribution in [-0.2, 0) is 24.1 Å². The third-order valence-electron chi connectivity index (χ3n) is 5.20. The number of aryl methyl sites for hydroxylation is 4. The third-order valence-corrected chi connectivity index (χ3v) is 6.34. The number of carbonyl (C=O) groups excluding carboxylic acids is 1. The van der Waals surface area contributed by atoms with Gasteiger partial charge in [-0.2, -0.15) is 5.10 Å². The topological polar surface area (TPSA) is 104 Å². The van der Waals surface area contributed by atoms with E-state index in [0.29, 0.717) is 18.2 Å². The standard InChI is InChI=1S/C19H23N5O2S/c1-9-4-5-12-13(8-9)27-19-16(12)18(26)20-14(21-19)6-7-15(25)22-17-10(2)23-24-11(17)3/h9H,4-8H2,1-3H3,(H,22,25)(H,23,24)(H,20,21,26). The molecule has 1 amide bonds. The molecule has 7 nitrogen and oxygen atoms in total. The number of H-pyrrole nitrogens is 2. The van der Waals surface area contributed by atoms with Gasteiger partial charge in [0.15, 0.2) is 0 Å². The third kappa shape index (κ3) is 3.41. The molecular formula is C19H23N5O2S. The fraction of sp³-hybridized carbons (Fsp3) is 0.474. The molecule has 0 saturated heterocycles. The van der Waals surface area contributed by atoms with E-state index >= 15 is 0 Å². The van der Waals surface area contributed by atoms with Crippen molar-refractivity contribution < 1.29 is 4.79 Å². The summed E-state index contributed by atoms with van der Waals surface area (Å²) in [5.41, 5.74) is 3.40. The highest BCUT2D eigenvalue weighted by molar-refractivity contribution is 7.18. The lowest BCUT2D eigenvalue weighted by Crippen LogP contribution is -2.17. The van der Waals surface area contributed by atoms with Gasteiger partial charge in [0.2, 0.25) is 5.91 Å². The summed E-state index contributed by atoms with van der Waals surface area (Å²) in [5.74, 6) is 1.10. The highest BCUT2D eigenvalue weighted by Crippen LogP contribution is 2.35. The zero-order valence-electron chi connectivity index (χ0n) is 15.7. The second kappa shape index (κ2) is 6.92. The van der Waals surface area contributed by atoms with Crippen molar-refractivity contribution >= 4 is 33.1 Å². The Morgan fingerprint density at radius 1 is 1.37 bits per heavy atom. The number of aromatic nitrogens is 4. The average molecular weight is 385 g/mol. The van der Waals surface area contributed by atoms with Gasteiger partial charge >= 0.3 is 0 Å². The maximum Gasteiger partial charge on any atom is 0.259 e. The summed E-state index contributed by atoms with van der Waals surface area (Å²) in [6.07, 6.45) is 3.74. The number of nitrogens with one attached hydrogen (secondary N) is 3. The lowest BCUT2D eigenvalue weighted by Gasteiger charge is -2.17. The molecule has 0 saturated carbocycles. The van der Waals surface area contributed by atoms with Crippen LogP contribution in [0.4, 0.5) is 5.69 Å². The number of amides is 1. The maximum atomic E-state index is 12.6. The summed E-state index contributed by atoms with van der Waals surface area (Å²) >= 11 is 1.63. The van der Waals surface area contributed by atoms with Crippen LogP contribution in [0.1, 0.15) is 47.4 Å². The predicted octanol–water partition coefficient (Wildman–Crippen LogP) is 3.02. The molecule has 3 aromatic rings. The van der Waals surface area contributed by atoms with Gasteiger partial charge in [-0.3, -0.25) is 14.7 Å². The van der Waals surface area contributed by atoms with Gasteiger partial charge in [0.05, 0.1) is 22.5 Å². The van der Waals surface area contributed by atoms with E-state index in [4.69, 9.17) is 0 Å². The molecule has 142 valence electrons. The highest BCUT2D eigenvalue weighted by Gasteiger charge is 2.23. The number of thiophene rings is 1. The lowest BCUT2D eigenvalue weighted by molar-refractivity contribution is -0.116. The van der Waals surface area contributed by atoms with Crippen molar-refractivity contribution in [1.29, 1.82) is 0 Å². The first-order valence-electron chi connectivity index (χ1n) is 9.27. The van der Waals surface area contributed by atoms with Crippen LogP contribution in [0.25, 0.3) is 10.2 Å². The summed E-state index contributed by atoms with van der Waals surface area (Å²) in [5, 5.41) is 10.5. The quantitative estimate of drug-likeness (QED) is 0.642. The van der Waals surface area contributed by atoms with Crippen molar-refractivity contribution in [3.63, 3.8) is 0 Å². The van der Waals surface area contributed by atoms with Gasteiger partial charge in [-0.25, -0.2) is 4.98 Å². The molecule has 27 heavy (non-hydrogen) atoms. The minimum absolute atomic E-state index is 0.0796. The van der Waals surface area contributed by atoms with E-state index in [9.17, 15) is 9.59 Å². The minimum atomic E-state index is -0.121. The minimum Gasteiger partial charge on any atom is -0.323 e. The van der Waals surface area contributed by atoms with E-state index in [-0.39, 0.29) is 17.9 Å². The monoisotopic (exact) mass is 385 g/mol. The molecule has 3 N–H and O–H groups in total. The van der Waals surface area contributed by atoms with E-state index in [1.54, 1.807) is 11.3 Å². The fourth-order valence-corrected chi connectivity index (χ4v) is 5.08. The number of fused-ring (bicyclic) bond motifs is 3. The van der Waals surface area contributed by atoms with Crippen molar-refractivity contribution in [2.75, 3.05) is 5.32 Å². The Kier molecular flexibility index (Phi) is 4.59. The Hall–Kier alpha value is -2.48. The zero-order valence-corrected chi connectivity index (χ0v) is 16.5. The number of carbonyl (C=O) groups is 1. The second-order valence-electron chi connectivity index (χ2n) is 7.40. The molecule has 4 rings (SSSR count). The van der Waals surface area contributed by atoms with Crippen molar-refractivity contribution in [2.24, 2.45) is 5.92 Å². The molecule has 0 spiro atoms. The average Bonchev–Trinajstić information content (AvgIpc) is 3.14. The molecule has 0 aliphatic heterocycles.